The van der Waals surface area contributed by atoms with Gasteiger partial charge in [-0.2, -0.15) is 0 Å². The smallest absolute Gasteiger partial charge is 0.310 e. The van der Waals surface area contributed by atoms with Crippen molar-refractivity contribution in [1.82, 2.24) is 4.98 Å². The maximum atomic E-state index is 11.3. The first kappa shape index (κ1) is 13.2. The van der Waals surface area contributed by atoms with Crippen molar-refractivity contribution >= 4 is 21.9 Å². The van der Waals surface area contributed by atoms with E-state index in [-0.39, 0.29) is 0 Å². The number of halogens is 1. The topological polar surface area (TPSA) is 50.2 Å². The normalized spacial score (nSPS) is 11.4. The molecule has 0 fully saturated rings. The number of aromatic nitrogens is 1. The first-order chi connectivity index (χ1) is 7.54. The van der Waals surface area contributed by atoms with Gasteiger partial charge < -0.3 is 5.11 Å². The SMILES string of the molecule is CCC(CC)(Cc1ccc(Br)cn1)C(=O)O. The van der Waals surface area contributed by atoms with Crippen LogP contribution in [-0.2, 0) is 11.2 Å². The molecule has 0 aliphatic carbocycles. The van der Waals surface area contributed by atoms with E-state index in [0.29, 0.717) is 19.3 Å². The van der Waals surface area contributed by atoms with Crippen molar-refractivity contribution in [3.05, 3.63) is 28.5 Å². The van der Waals surface area contributed by atoms with Gasteiger partial charge in [0.25, 0.3) is 0 Å². The van der Waals surface area contributed by atoms with Gasteiger partial charge in [0.05, 0.1) is 5.41 Å². The highest BCUT2D eigenvalue weighted by Crippen LogP contribution is 2.30. The summed E-state index contributed by atoms with van der Waals surface area (Å²) < 4.78 is 0.908. The lowest BCUT2D eigenvalue weighted by molar-refractivity contribution is -0.149. The molecule has 88 valence electrons. The van der Waals surface area contributed by atoms with Gasteiger partial charge in [-0.1, -0.05) is 13.8 Å². The van der Waals surface area contributed by atoms with Crippen LogP contribution in [0.1, 0.15) is 32.4 Å². The van der Waals surface area contributed by atoms with Crippen molar-refractivity contribution in [1.29, 1.82) is 0 Å². The fraction of sp³-hybridized carbons (Fsp3) is 0.500. The minimum atomic E-state index is -0.734. The maximum Gasteiger partial charge on any atom is 0.310 e. The average Bonchev–Trinajstić information content (AvgIpc) is 2.28. The van der Waals surface area contributed by atoms with Gasteiger partial charge in [-0.3, -0.25) is 9.78 Å². The molecule has 0 spiro atoms. The molecule has 1 heterocycles. The molecular weight excluding hydrogens is 270 g/mol. The Morgan fingerprint density at radius 2 is 2.06 bits per heavy atom. The van der Waals surface area contributed by atoms with E-state index >= 15 is 0 Å². The molecule has 1 rings (SSSR count). The summed E-state index contributed by atoms with van der Waals surface area (Å²) in [4.78, 5) is 15.5. The van der Waals surface area contributed by atoms with Crippen LogP contribution in [0, 0.1) is 5.41 Å². The average molecular weight is 286 g/mol. The lowest BCUT2D eigenvalue weighted by Crippen LogP contribution is -2.32. The molecule has 1 N–H and O–H groups in total. The monoisotopic (exact) mass is 285 g/mol. The molecular formula is C12H16BrNO2. The van der Waals surface area contributed by atoms with Crippen molar-refractivity contribution in [2.24, 2.45) is 5.41 Å². The van der Waals surface area contributed by atoms with Gasteiger partial charge in [0, 0.05) is 22.8 Å². The largest absolute Gasteiger partial charge is 0.481 e. The molecule has 0 aromatic carbocycles. The molecule has 3 nitrogen and oxygen atoms in total. The van der Waals surface area contributed by atoms with Gasteiger partial charge in [-0.15, -0.1) is 0 Å². The fourth-order valence-corrected chi connectivity index (χ4v) is 1.97. The molecule has 0 radical (unpaired) electrons. The predicted molar refractivity (Wildman–Crippen MR) is 66.3 cm³/mol. The minimum absolute atomic E-state index is 0.489. The van der Waals surface area contributed by atoms with Crippen molar-refractivity contribution < 1.29 is 9.90 Å². The quantitative estimate of drug-likeness (QED) is 0.903. The Balaban J connectivity index is 2.91. The van der Waals surface area contributed by atoms with E-state index in [9.17, 15) is 9.90 Å². The second-order valence-electron chi connectivity index (χ2n) is 3.94. The maximum absolute atomic E-state index is 11.3. The van der Waals surface area contributed by atoms with Crippen molar-refractivity contribution in [2.75, 3.05) is 0 Å². The predicted octanol–water partition coefficient (Wildman–Crippen LogP) is 3.28. The number of carbonyl (C=O) groups is 1. The first-order valence-electron chi connectivity index (χ1n) is 5.38. The number of rotatable bonds is 5. The van der Waals surface area contributed by atoms with Crippen molar-refractivity contribution in [2.45, 2.75) is 33.1 Å². The molecule has 0 unspecified atom stereocenters. The molecule has 0 aliphatic heterocycles. The number of carboxylic acids is 1. The summed E-state index contributed by atoms with van der Waals surface area (Å²) in [5.74, 6) is -0.734. The number of pyridine rings is 1. The van der Waals surface area contributed by atoms with Gasteiger partial charge in [0.1, 0.15) is 0 Å². The zero-order valence-electron chi connectivity index (χ0n) is 9.53. The zero-order chi connectivity index (χ0) is 12.2. The molecule has 0 amide bonds. The third kappa shape index (κ3) is 2.82. The Morgan fingerprint density at radius 1 is 1.44 bits per heavy atom. The summed E-state index contributed by atoms with van der Waals surface area (Å²) in [6, 6.07) is 3.76. The lowest BCUT2D eigenvalue weighted by atomic mass is 9.78. The van der Waals surface area contributed by atoms with Crippen LogP contribution in [0.5, 0.6) is 0 Å². The number of hydrogen-bond acceptors (Lipinski definition) is 2. The third-order valence-corrected chi connectivity index (χ3v) is 3.58. The molecule has 1 aromatic heterocycles. The third-order valence-electron chi connectivity index (χ3n) is 3.12. The minimum Gasteiger partial charge on any atom is -0.481 e. The summed E-state index contributed by atoms with van der Waals surface area (Å²) in [6.45, 7) is 3.83. The van der Waals surface area contributed by atoms with E-state index in [1.807, 2.05) is 26.0 Å². The van der Waals surface area contributed by atoms with E-state index in [0.717, 1.165) is 10.2 Å². The van der Waals surface area contributed by atoms with Gasteiger partial charge >= 0.3 is 5.97 Å². The van der Waals surface area contributed by atoms with E-state index in [2.05, 4.69) is 20.9 Å². The standard InChI is InChI=1S/C12H16BrNO2/c1-3-12(4-2,11(15)16)7-10-6-5-9(13)8-14-10/h5-6,8H,3-4,7H2,1-2H3,(H,15,16). The molecule has 1 aromatic rings. The number of carboxylic acid groups (broad SMARTS) is 1. The Bertz CT molecular complexity index is 358. The Morgan fingerprint density at radius 3 is 2.44 bits per heavy atom. The Labute approximate surface area is 104 Å². The highest BCUT2D eigenvalue weighted by Gasteiger charge is 2.35. The molecule has 0 aliphatic rings. The Kier molecular flexibility index (Phi) is 4.47. The molecule has 0 saturated carbocycles. The van der Waals surface area contributed by atoms with Gasteiger partial charge in [0.15, 0.2) is 0 Å². The van der Waals surface area contributed by atoms with Crippen LogP contribution in [0.15, 0.2) is 22.8 Å². The first-order valence-corrected chi connectivity index (χ1v) is 6.17. The Hall–Kier alpha value is -0.900. The van der Waals surface area contributed by atoms with Gasteiger partial charge in [-0.25, -0.2) is 0 Å². The second kappa shape index (κ2) is 5.43. The van der Waals surface area contributed by atoms with Crippen LogP contribution in [0.2, 0.25) is 0 Å². The fourth-order valence-electron chi connectivity index (χ4n) is 1.74. The summed E-state index contributed by atoms with van der Waals surface area (Å²) in [5.41, 5.74) is 0.148. The van der Waals surface area contributed by atoms with E-state index in [1.54, 1.807) is 6.20 Å². The number of aliphatic carboxylic acids is 1. The van der Waals surface area contributed by atoms with E-state index in [4.69, 9.17) is 0 Å². The van der Waals surface area contributed by atoms with Crippen LogP contribution in [0.3, 0.4) is 0 Å². The highest BCUT2D eigenvalue weighted by atomic mass is 79.9. The van der Waals surface area contributed by atoms with Crippen LogP contribution in [0.4, 0.5) is 0 Å². The van der Waals surface area contributed by atoms with Crippen LogP contribution in [-0.4, -0.2) is 16.1 Å². The second-order valence-corrected chi connectivity index (χ2v) is 4.85. The summed E-state index contributed by atoms with van der Waals surface area (Å²) in [6.07, 6.45) is 3.43. The highest BCUT2D eigenvalue weighted by molar-refractivity contribution is 9.10. The molecule has 4 heteroatoms. The zero-order valence-corrected chi connectivity index (χ0v) is 11.1. The van der Waals surface area contributed by atoms with E-state index < -0.39 is 11.4 Å². The number of hydrogen-bond donors (Lipinski definition) is 1. The molecule has 0 bridgehead atoms. The van der Waals surface area contributed by atoms with Crippen LogP contribution < -0.4 is 0 Å². The number of nitrogens with zero attached hydrogens (tertiary/aromatic N) is 1. The summed E-state index contributed by atoms with van der Waals surface area (Å²) in [5, 5.41) is 9.30. The summed E-state index contributed by atoms with van der Waals surface area (Å²) in [7, 11) is 0. The van der Waals surface area contributed by atoms with Crippen molar-refractivity contribution in [3.63, 3.8) is 0 Å². The van der Waals surface area contributed by atoms with Gasteiger partial charge in [0.2, 0.25) is 0 Å². The molecule has 0 saturated heterocycles. The lowest BCUT2D eigenvalue weighted by Gasteiger charge is -2.26. The van der Waals surface area contributed by atoms with Crippen LogP contribution >= 0.6 is 15.9 Å². The molecule has 0 atom stereocenters. The van der Waals surface area contributed by atoms with Crippen LogP contribution in [0.25, 0.3) is 0 Å². The summed E-state index contributed by atoms with van der Waals surface area (Å²) >= 11 is 3.31. The van der Waals surface area contributed by atoms with E-state index in [1.165, 1.54) is 0 Å². The van der Waals surface area contributed by atoms with Crippen molar-refractivity contribution in [3.8, 4) is 0 Å². The molecule has 16 heavy (non-hydrogen) atoms. The van der Waals surface area contributed by atoms with Gasteiger partial charge in [-0.05, 0) is 40.9 Å².